The van der Waals surface area contributed by atoms with Crippen molar-refractivity contribution in [2.75, 3.05) is 31.5 Å². The Labute approximate surface area is 117 Å². The van der Waals surface area contributed by atoms with Gasteiger partial charge in [-0.25, -0.2) is 0 Å². The summed E-state index contributed by atoms with van der Waals surface area (Å²) in [5.41, 5.74) is 6.17. The van der Waals surface area contributed by atoms with Crippen LogP contribution in [0.4, 0.5) is 5.00 Å². The number of hydrogen-bond donors (Lipinski definition) is 2. The van der Waals surface area contributed by atoms with Crippen LogP contribution in [0.1, 0.15) is 18.4 Å². The zero-order chi connectivity index (χ0) is 13.7. The molecule has 0 saturated carbocycles. The first-order valence-corrected chi connectivity index (χ1v) is 7.30. The number of nitriles is 1. The predicted octanol–water partition coefficient (Wildman–Crippen LogP) is 1.23. The second-order valence-electron chi connectivity index (χ2n) is 4.76. The summed E-state index contributed by atoms with van der Waals surface area (Å²) in [7, 11) is 0. The molecule has 1 atom stereocenters. The van der Waals surface area contributed by atoms with Crippen LogP contribution in [0.25, 0.3) is 0 Å². The van der Waals surface area contributed by atoms with Gasteiger partial charge in [-0.05, 0) is 36.9 Å². The van der Waals surface area contributed by atoms with Crippen molar-refractivity contribution in [3.05, 3.63) is 17.0 Å². The smallest absolute Gasteiger partial charge is 0.226 e. The van der Waals surface area contributed by atoms with E-state index in [1.165, 1.54) is 11.3 Å². The Bertz CT molecular complexity index is 479. The molecule has 1 aliphatic rings. The van der Waals surface area contributed by atoms with Gasteiger partial charge in [-0.3, -0.25) is 4.79 Å². The summed E-state index contributed by atoms with van der Waals surface area (Å²) in [4.78, 5) is 14.1. The van der Waals surface area contributed by atoms with E-state index in [-0.39, 0.29) is 5.91 Å². The minimum atomic E-state index is -0.0323. The lowest BCUT2D eigenvalue weighted by atomic mass is 10.1. The molecule has 3 N–H and O–H groups in total. The minimum absolute atomic E-state index is 0.0323. The number of nitrogens with one attached hydrogen (secondary N) is 1. The Morgan fingerprint density at radius 2 is 2.53 bits per heavy atom. The molecule has 19 heavy (non-hydrogen) atoms. The molecule has 6 heteroatoms. The highest BCUT2D eigenvalue weighted by Gasteiger charge is 2.21. The third-order valence-corrected chi connectivity index (χ3v) is 4.23. The van der Waals surface area contributed by atoms with Crippen molar-refractivity contribution >= 4 is 22.2 Å². The van der Waals surface area contributed by atoms with E-state index in [2.05, 4.69) is 16.3 Å². The van der Waals surface area contributed by atoms with Gasteiger partial charge in [0.15, 0.2) is 0 Å². The van der Waals surface area contributed by atoms with Gasteiger partial charge in [-0.15, -0.1) is 11.3 Å². The van der Waals surface area contributed by atoms with Gasteiger partial charge in [0.25, 0.3) is 0 Å². The molecule has 2 heterocycles. The second kappa shape index (κ2) is 6.66. The molecule has 1 fully saturated rings. The predicted molar refractivity (Wildman–Crippen MR) is 75.9 cm³/mol. The highest BCUT2D eigenvalue weighted by Crippen LogP contribution is 2.22. The van der Waals surface area contributed by atoms with Gasteiger partial charge >= 0.3 is 0 Å². The summed E-state index contributed by atoms with van der Waals surface area (Å²) in [6.45, 7) is 3.50. The molecule has 2 rings (SSSR count). The number of likely N-dealkylation sites (tertiary alicyclic amines) is 1. The summed E-state index contributed by atoms with van der Waals surface area (Å²) < 4.78 is 0. The molecule has 5 nitrogen and oxygen atoms in total. The Hall–Kier alpha value is -1.42. The van der Waals surface area contributed by atoms with E-state index in [4.69, 9.17) is 11.0 Å². The number of carbonyl (C=O) groups is 1. The largest absolute Gasteiger partial charge is 0.330 e. The van der Waals surface area contributed by atoms with Crippen molar-refractivity contribution in [3.63, 3.8) is 0 Å². The summed E-state index contributed by atoms with van der Waals surface area (Å²) in [5, 5.41) is 14.1. The number of amides is 1. The zero-order valence-corrected chi connectivity index (χ0v) is 11.6. The molecule has 1 aromatic rings. The highest BCUT2D eigenvalue weighted by molar-refractivity contribution is 7.14. The van der Waals surface area contributed by atoms with Crippen LogP contribution in [0.5, 0.6) is 0 Å². The lowest BCUT2D eigenvalue weighted by Gasteiger charge is -2.15. The fourth-order valence-corrected chi connectivity index (χ4v) is 3.00. The topological polar surface area (TPSA) is 82.2 Å². The lowest BCUT2D eigenvalue weighted by Crippen LogP contribution is -2.27. The maximum atomic E-state index is 11.8. The van der Waals surface area contributed by atoms with Gasteiger partial charge < -0.3 is 16.0 Å². The Morgan fingerprint density at radius 3 is 3.21 bits per heavy atom. The van der Waals surface area contributed by atoms with Crippen LogP contribution < -0.4 is 11.1 Å². The van der Waals surface area contributed by atoms with Crippen molar-refractivity contribution < 1.29 is 4.79 Å². The maximum absolute atomic E-state index is 11.8. The number of carbonyl (C=O) groups excluding carboxylic acids is 1. The summed E-state index contributed by atoms with van der Waals surface area (Å²) in [5.74, 6) is 0.542. The fourth-order valence-electron chi connectivity index (χ4n) is 2.25. The Morgan fingerprint density at radius 1 is 1.68 bits per heavy atom. The Kier molecular flexibility index (Phi) is 4.91. The van der Waals surface area contributed by atoms with E-state index in [0.29, 0.717) is 22.9 Å². The van der Waals surface area contributed by atoms with Gasteiger partial charge in [0.05, 0.1) is 5.56 Å². The summed E-state index contributed by atoms with van der Waals surface area (Å²) in [6.07, 6.45) is 1.59. The normalized spacial score (nSPS) is 19.3. The second-order valence-corrected chi connectivity index (χ2v) is 5.68. The number of anilines is 1. The third kappa shape index (κ3) is 3.77. The SMILES string of the molecule is N#Cc1ccsc1NC(=O)CCN1CCC(CN)C1. The van der Waals surface area contributed by atoms with Gasteiger partial charge in [0.2, 0.25) is 5.91 Å². The first kappa shape index (κ1) is 14.0. The number of rotatable bonds is 5. The van der Waals surface area contributed by atoms with E-state index >= 15 is 0 Å². The molecule has 0 aliphatic carbocycles. The van der Waals surface area contributed by atoms with Crippen LogP contribution in [-0.4, -0.2) is 37.0 Å². The zero-order valence-electron chi connectivity index (χ0n) is 10.8. The lowest BCUT2D eigenvalue weighted by molar-refractivity contribution is -0.116. The molecule has 0 aromatic carbocycles. The number of thiophene rings is 1. The molecular weight excluding hydrogens is 260 g/mol. The van der Waals surface area contributed by atoms with Crippen molar-refractivity contribution in [1.29, 1.82) is 5.26 Å². The van der Waals surface area contributed by atoms with E-state index in [1.54, 1.807) is 11.4 Å². The standard InChI is InChI=1S/C13H18N4OS/c14-7-10-1-4-17(9-10)5-2-12(18)16-13-11(8-15)3-6-19-13/h3,6,10H,1-2,4-5,7,9,14H2,(H,16,18). The van der Waals surface area contributed by atoms with Crippen LogP contribution in [0.2, 0.25) is 0 Å². The van der Waals surface area contributed by atoms with Crippen LogP contribution in [-0.2, 0) is 4.79 Å². The molecule has 1 aliphatic heterocycles. The molecule has 102 valence electrons. The van der Waals surface area contributed by atoms with E-state index < -0.39 is 0 Å². The summed E-state index contributed by atoms with van der Waals surface area (Å²) in [6, 6.07) is 3.78. The number of nitrogens with zero attached hydrogens (tertiary/aromatic N) is 2. The molecule has 1 saturated heterocycles. The molecule has 0 radical (unpaired) electrons. The van der Waals surface area contributed by atoms with Gasteiger partial charge in [-0.1, -0.05) is 0 Å². The van der Waals surface area contributed by atoms with Gasteiger partial charge in [0, 0.05) is 19.5 Å². The molecule has 1 aromatic heterocycles. The quantitative estimate of drug-likeness (QED) is 0.848. The molecule has 1 unspecified atom stereocenters. The van der Waals surface area contributed by atoms with E-state index in [1.807, 2.05) is 0 Å². The van der Waals surface area contributed by atoms with E-state index in [0.717, 1.165) is 32.6 Å². The van der Waals surface area contributed by atoms with Crippen molar-refractivity contribution in [1.82, 2.24) is 4.90 Å². The molecule has 0 spiro atoms. The van der Waals surface area contributed by atoms with Gasteiger partial charge in [0.1, 0.15) is 11.1 Å². The highest BCUT2D eigenvalue weighted by atomic mass is 32.1. The average Bonchev–Trinajstić information content (AvgIpc) is 3.04. The molecule has 1 amide bonds. The van der Waals surface area contributed by atoms with Crippen LogP contribution in [0.15, 0.2) is 11.4 Å². The van der Waals surface area contributed by atoms with Gasteiger partial charge in [-0.2, -0.15) is 5.26 Å². The van der Waals surface area contributed by atoms with Crippen LogP contribution >= 0.6 is 11.3 Å². The van der Waals surface area contributed by atoms with E-state index in [9.17, 15) is 4.79 Å². The monoisotopic (exact) mass is 278 g/mol. The number of nitrogens with two attached hydrogens (primary N) is 1. The first-order valence-electron chi connectivity index (χ1n) is 6.42. The average molecular weight is 278 g/mol. The molecule has 0 bridgehead atoms. The molecular formula is C13H18N4OS. The summed E-state index contributed by atoms with van der Waals surface area (Å²) >= 11 is 1.38. The van der Waals surface area contributed by atoms with Crippen molar-refractivity contribution in [2.45, 2.75) is 12.8 Å². The van der Waals surface area contributed by atoms with Crippen molar-refractivity contribution in [3.8, 4) is 6.07 Å². The van der Waals surface area contributed by atoms with Crippen LogP contribution in [0.3, 0.4) is 0 Å². The maximum Gasteiger partial charge on any atom is 0.226 e. The fraction of sp³-hybridized carbons (Fsp3) is 0.538. The number of hydrogen-bond acceptors (Lipinski definition) is 5. The third-order valence-electron chi connectivity index (χ3n) is 3.40. The Balaban J connectivity index is 1.75. The van der Waals surface area contributed by atoms with Crippen LogP contribution in [0, 0.1) is 17.2 Å². The minimum Gasteiger partial charge on any atom is -0.330 e. The van der Waals surface area contributed by atoms with Crippen molar-refractivity contribution in [2.24, 2.45) is 11.7 Å². The first-order chi connectivity index (χ1) is 9.22.